The number of aliphatic hydroxyl groups is 4. The number of aryl methyl sites for hydroxylation is 8. The average molecular weight is 2710 g/mol. The molecule has 806 valence electrons. The van der Waals surface area contributed by atoms with Crippen LogP contribution in [-0.2, 0) is 106 Å². The maximum atomic E-state index is 13.9. The van der Waals surface area contributed by atoms with Crippen molar-refractivity contribution in [2.24, 2.45) is 53.3 Å². The molecule has 4 radical (unpaired) electrons. The number of nitrogens with zero attached hydrogens (tertiary/aromatic N) is 4. The van der Waals surface area contributed by atoms with Gasteiger partial charge in [-0.1, -0.05) is 310 Å². The third-order valence-corrected chi connectivity index (χ3v) is 27.0. The van der Waals surface area contributed by atoms with Gasteiger partial charge in [0.05, 0.1) is 34.1 Å². The molecule has 4 heterocycles. The van der Waals surface area contributed by atoms with Crippen molar-refractivity contribution in [2.75, 3.05) is 0 Å². The fourth-order valence-corrected chi connectivity index (χ4v) is 17.7. The summed E-state index contributed by atoms with van der Waals surface area (Å²) in [4.78, 5) is 65.5. The van der Waals surface area contributed by atoms with E-state index in [-0.39, 0.29) is 185 Å². The number of ketones is 4. The van der Waals surface area contributed by atoms with Gasteiger partial charge in [-0.25, -0.2) is 0 Å². The van der Waals surface area contributed by atoms with Crippen molar-refractivity contribution in [3.05, 3.63) is 309 Å². The van der Waals surface area contributed by atoms with Gasteiger partial charge < -0.3 is 30.4 Å². The number of halogens is 1. The summed E-state index contributed by atoms with van der Waals surface area (Å²) in [5.41, 5.74) is 20.3. The number of benzene rings is 8. The molecule has 0 spiro atoms. The molecule has 17 heteroatoms. The quantitative estimate of drug-likeness (QED) is 0.0165. The summed E-state index contributed by atoms with van der Waals surface area (Å²) in [5, 5.41) is 46.0. The van der Waals surface area contributed by atoms with Crippen molar-refractivity contribution in [3.8, 4) is 45.0 Å². The van der Waals surface area contributed by atoms with Crippen molar-refractivity contribution >= 4 is 66.5 Å². The maximum absolute atomic E-state index is 13.9. The van der Waals surface area contributed by atoms with Crippen molar-refractivity contribution in [3.63, 3.8) is 0 Å². The Morgan fingerprint density at radius 2 is 0.660 bits per heavy atom. The largest absolute Gasteiger partial charge is 0.512 e. The minimum absolute atomic E-state index is 0. The molecule has 4 aromatic heterocycles. The van der Waals surface area contributed by atoms with Gasteiger partial charge in [-0.3, -0.25) is 33.5 Å². The standard InChI is InChI=1S/C21H22N.C20H19FN.C20H20N.C17H14N.4C13H24O2.4Ir/c1-14(2)10-17-6-5-7-21-19(17)8-9-20(22-21)18-12-15(3)11-16(4)13-18;1-12(2)16-6-5-15-7-8-22-20(18(15)11-16)17-9-13(3)19(21)14(4)10-17;1-13(2)17-6-5-16-7-8-21-20(19(16)12-17)18-10-14(3)9-15(4)11-18;1-12-9-13(2)11-15(10-12)17-8-7-14-5-3-4-6-16(14)18-17;4*1-5-10(6-2)12(14)9-13(15)11(7-3)8-4;;;;/h5-9,11-12,14H,10H2,1-4H3;5-9,11-12H,1-4H3;5-10,12-13H,1-4H3;3-10H,1-2H3;4*9-11,14H,5-8H2,1-4H3;;;;/q4*-1;;;;;;;;/i4D3;;;;;;;;;;;. The van der Waals surface area contributed by atoms with E-state index in [0.29, 0.717) is 28.9 Å². The van der Waals surface area contributed by atoms with Crippen molar-refractivity contribution < 1.29 is 129 Å². The topological polar surface area (TPSA) is 201 Å². The van der Waals surface area contributed by atoms with Crippen molar-refractivity contribution in [2.45, 2.75) is 329 Å². The van der Waals surface area contributed by atoms with Gasteiger partial charge in [0.1, 0.15) is 0 Å². The number of carbonyl (C=O) groups excluding carboxylic acids is 4. The molecule has 0 unspecified atom stereocenters. The van der Waals surface area contributed by atoms with E-state index in [0.717, 1.165) is 198 Å². The summed E-state index contributed by atoms with van der Waals surface area (Å²) in [7, 11) is 0. The minimum atomic E-state index is -2.16. The Balaban J connectivity index is 0.000000861. The second kappa shape index (κ2) is 70.7. The normalized spacial score (nSPS) is 11.8. The molecule has 0 fully saturated rings. The molecular weight excluding hydrogens is 2530 g/mol. The van der Waals surface area contributed by atoms with Gasteiger partial charge in [-0.15, -0.1) is 122 Å². The Morgan fingerprint density at radius 3 is 1.01 bits per heavy atom. The Bertz CT molecular complexity index is 6040. The predicted molar refractivity (Wildman–Crippen MR) is 604 cm³/mol. The van der Waals surface area contributed by atoms with Crippen LogP contribution < -0.4 is 0 Å². The first-order valence-electron chi connectivity index (χ1n) is 54.4. The molecule has 147 heavy (non-hydrogen) atoms. The second-order valence-corrected chi connectivity index (χ2v) is 39.0. The molecular formula is C130H171FIr4N4O8-4. The molecule has 0 aliphatic carbocycles. The van der Waals surface area contributed by atoms with Crippen molar-refractivity contribution in [1.29, 1.82) is 0 Å². The molecule has 12 aromatic rings. The SMILES string of the molecule is CCC(CC)C(=O)C=C(O)C(CC)CC.CCC(CC)C(=O)C=C(O)C(CC)CC.CCC(CC)C(=O)C=C(O)C(CC)CC.CCC(CC)C(=O)C=C(O)C(CC)CC.Cc1[c-]c(-c2ccc3ccccc3n2)cc(C)c1.Cc1[c-]c(-c2nccc3ccc(C(C)C)cc23)cc(C)c1.Cc1[c-]c(-c2nccc3ccc(C(C)C)cc23)cc(C)c1F.[2H]C([2H])([2H])c1[c-]c(-c2ccc3c(CC(C)C)cccc3n2)cc(C)c1.[Ir].[Ir].[Ir].[Ir]. The average Bonchev–Trinajstić information content (AvgIpc) is 0.800. The molecule has 12 rings (SSSR count). The van der Waals surface area contributed by atoms with Gasteiger partial charge in [-0.05, 0) is 218 Å². The first kappa shape index (κ1) is 130. The van der Waals surface area contributed by atoms with Crippen LogP contribution in [0.3, 0.4) is 0 Å². The summed E-state index contributed by atoms with van der Waals surface area (Å²) < 4.78 is 36.8. The summed E-state index contributed by atoms with van der Waals surface area (Å²) in [6.45, 7) is 57.1. The van der Waals surface area contributed by atoms with E-state index in [1.54, 1.807) is 26.1 Å². The van der Waals surface area contributed by atoms with E-state index in [2.05, 4.69) is 201 Å². The summed E-state index contributed by atoms with van der Waals surface area (Å²) >= 11 is 0. The van der Waals surface area contributed by atoms with Gasteiger partial charge in [-0.2, -0.15) is 0 Å². The van der Waals surface area contributed by atoms with E-state index in [1.807, 2.05) is 178 Å². The number of hydrogen-bond donors (Lipinski definition) is 4. The number of rotatable bonds is 36. The Hall–Kier alpha value is -9.23. The third kappa shape index (κ3) is 43.2. The first-order chi connectivity index (χ1) is 69.4. The third-order valence-electron chi connectivity index (χ3n) is 27.0. The van der Waals surface area contributed by atoms with Gasteiger partial charge >= 0.3 is 0 Å². The number of aromatic nitrogens is 4. The first-order valence-corrected chi connectivity index (χ1v) is 52.9. The number of hydrogen-bond acceptors (Lipinski definition) is 12. The molecule has 0 bridgehead atoms. The molecule has 0 aliphatic heterocycles. The van der Waals surface area contributed by atoms with Crippen LogP contribution in [0.15, 0.2) is 217 Å². The van der Waals surface area contributed by atoms with Crippen LogP contribution in [0.5, 0.6) is 0 Å². The maximum Gasteiger partial charge on any atom is 0.162 e. The zero-order valence-corrected chi connectivity index (χ0v) is 103. The molecule has 12 nitrogen and oxygen atoms in total. The fraction of sp³-hybridized carbons (Fsp3) is 0.446. The Labute approximate surface area is 942 Å². The van der Waals surface area contributed by atoms with Crippen LogP contribution in [0, 0.1) is 139 Å². The van der Waals surface area contributed by atoms with Crippen LogP contribution in [0.4, 0.5) is 4.39 Å². The van der Waals surface area contributed by atoms with Crippen molar-refractivity contribution in [1.82, 2.24) is 19.9 Å². The minimum Gasteiger partial charge on any atom is -0.512 e. The predicted octanol–water partition coefficient (Wildman–Crippen LogP) is 36.3. The molecule has 4 N–H and O–H groups in total. The summed E-state index contributed by atoms with van der Waals surface area (Å²) in [6.07, 6.45) is 24.3. The van der Waals surface area contributed by atoms with Gasteiger partial charge in [0.15, 0.2) is 23.1 Å². The molecule has 0 saturated carbocycles. The van der Waals surface area contributed by atoms with E-state index < -0.39 is 6.85 Å². The Morgan fingerprint density at radius 1 is 0.340 bits per heavy atom. The zero-order chi connectivity index (χ0) is 109. The van der Waals surface area contributed by atoms with Crippen LogP contribution >= 0.6 is 0 Å². The van der Waals surface area contributed by atoms with Crippen LogP contribution in [0.1, 0.15) is 332 Å². The number of carbonyl (C=O) groups is 4. The fourth-order valence-electron chi connectivity index (χ4n) is 17.7. The van der Waals surface area contributed by atoms with Gasteiger partial charge in [0.25, 0.3) is 0 Å². The smallest absolute Gasteiger partial charge is 0.162 e. The molecule has 0 atom stereocenters. The molecule has 0 saturated heterocycles. The van der Waals surface area contributed by atoms with Gasteiger partial charge in [0.2, 0.25) is 0 Å². The number of allylic oxidation sites excluding steroid dienone is 8. The summed E-state index contributed by atoms with van der Waals surface area (Å²) in [6, 6.07) is 66.8. The van der Waals surface area contributed by atoms with E-state index in [1.165, 1.54) is 68.3 Å². The summed E-state index contributed by atoms with van der Waals surface area (Å²) in [5.74, 6) is 3.56. The Kier molecular flexibility index (Phi) is 62.6. The number of para-hydroxylation sites is 1. The second-order valence-electron chi connectivity index (χ2n) is 39.0. The number of pyridine rings is 4. The van der Waals surface area contributed by atoms with Crippen LogP contribution in [0.25, 0.3) is 88.4 Å². The van der Waals surface area contributed by atoms with E-state index >= 15 is 0 Å². The molecule has 8 aromatic carbocycles. The van der Waals surface area contributed by atoms with E-state index in [4.69, 9.17) is 14.1 Å². The zero-order valence-electron chi connectivity index (χ0n) is 96.3. The number of aliphatic hydroxyl groups excluding tert-OH is 4. The molecule has 0 aliphatic rings. The molecule has 0 amide bonds. The monoisotopic (exact) mass is 2710 g/mol. The number of fused-ring (bicyclic) bond motifs is 4. The van der Waals surface area contributed by atoms with Gasteiger partial charge in [0, 0.05) is 180 Å². The van der Waals surface area contributed by atoms with E-state index in [9.17, 15) is 44.0 Å². The van der Waals surface area contributed by atoms with Crippen LogP contribution in [0.2, 0.25) is 0 Å². The van der Waals surface area contributed by atoms with Crippen LogP contribution in [-0.4, -0.2) is 63.5 Å².